The number of hydrogen-bond donors (Lipinski definition) is 3. The Kier molecular flexibility index (Phi) is 3.56. The van der Waals surface area contributed by atoms with Crippen LogP contribution in [0.4, 0.5) is 5.82 Å². The van der Waals surface area contributed by atoms with Crippen LogP contribution in [-0.4, -0.2) is 34.5 Å². The van der Waals surface area contributed by atoms with Crippen LogP contribution < -0.4 is 5.32 Å². The van der Waals surface area contributed by atoms with Gasteiger partial charge in [0.25, 0.3) is 0 Å². The van der Waals surface area contributed by atoms with E-state index in [9.17, 15) is 0 Å². The van der Waals surface area contributed by atoms with Gasteiger partial charge in [-0.05, 0) is 24.6 Å². The topological polar surface area (TPSA) is 65.4 Å². The van der Waals surface area contributed by atoms with Gasteiger partial charge in [-0.1, -0.05) is 18.2 Å². The first-order valence-corrected chi connectivity index (χ1v) is 5.59. The van der Waals surface area contributed by atoms with E-state index in [4.69, 9.17) is 10.2 Å². The molecule has 0 amide bonds. The van der Waals surface area contributed by atoms with Crippen molar-refractivity contribution in [2.45, 2.75) is 13.0 Å². The van der Waals surface area contributed by atoms with Gasteiger partial charge in [0.05, 0.1) is 24.8 Å². The molecule has 0 spiro atoms. The smallest absolute Gasteiger partial charge is 0.129 e. The van der Waals surface area contributed by atoms with Gasteiger partial charge in [-0.2, -0.15) is 0 Å². The van der Waals surface area contributed by atoms with E-state index < -0.39 is 0 Å². The summed E-state index contributed by atoms with van der Waals surface area (Å²) in [5.41, 5.74) is 1.89. The highest BCUT2D eigenvalue weighted by atomic mass is 16.3. The van der Waals surface area contributed by atoms with Gasteiger partial charge in [-0.3, -0.25) is 0 Å². The molecule has 0 radical (unpaired) electrons. The molecule has 1 aromatic heterocycles. The molecular formula is C13H16N2O2. The van der Waals surface area contributed by atoms with Crippen molar-refractivity contribution < 1.29 is 10.2 Å². The minimum Gasteiger partial charge on any atom is -0.394 e. The van der Waals surface area contributed by atoms with Crippen molar-refractivity contribution in [3.63, 3.8) is 0 Å². The number of aryl methyl sites for hydroxylation is 1. The summed E-state index contributed by atoms with van der Waals surface area (Å²) in [5.74, 6) is 0.705. The molecule has 0 saturated heterocycles. The number of aliphatic hydroxyl groups is 2. The summed E-state index contributed by atoms with van der Waals surface area (Å²) in [6, 6.07) is 9.52. The first-order chi connectivity index (χ1) is 8.24. The highest BCUT2D eigenvalue weighted by Crippen LogP contribution is 2.19. The molecule has 4 nitrogen and oxygen atoms in total. The summed E-state index contributed by atoms with van der Waals surface area (Å²) in [6.07, 6.45) is 0. The van der Waals surface area contributed by atoms with Crippen molar-refractivity contribution in [2.75, 3.05) is 18.5 Å². The Morgan fingerprint density at radius 3 is 2.65 bits per heavy atom. The molecule has 0 aliphatic rings. The number of pyridine rings is 1. The van der Waals surface area contributed by atoms with E-state index in [1.165, 1.54) is 0 Å². The summed E-state index contributed by atoms with van der Waals surface area (Å²) in [6.45, 7) is 1.71. The number of rotatable bonds is 4. The van der Waals surface area contributed by atoms with Gasteiger partial charge in [0.2, 0.25) is 0 Å². The van der Waals surface area contributed by atoms with Gasteiger partial charge in [0.15, 0.2) is 0 Å². The third-order valence-corrected chi connectivity index (χ3v) is 2.70. The fraction of sp³-hybridized carbons (Fsp3) is 0.308. The summed E-state index contributed by atoms with van der Waals surface area (Å²) in [5, 5.41) is 22.2. The number of benzene rings is 1. The Bertz CT molecular complexity index is 510. The number of nitrogens with one attached hydrogen (secondary N) is 1. The fourth-order valence-electron chi connectivity index (χ4n) is 1.71. The van der Waals surface area contributed by atoms with Gasteiger partial charge in [0, 0.05) is 5.39 Å². The third kappa shape index (κ3) is 2.54. The number of hydrogen-bond acceptors (Lipinski definition) is 4. The van der Waals surface area contributed by atoms with Crippen molar-refractivity contribution in [3.05, 3.63) is 35.9 Å². The van der Waals surface area contributed by atoms with E-state index in [0.29, 0.717) is 5.82 Å². The van der Waals surface area contributed by atoms with E-state index in [2.05, 4.69) is 10.3 Å². The number of para-hydroxylation sites is 1. The van der Waals surface area contributed by atoms with Gasteiger partial charge in [0.1, 0.15) is 5.82 Å². The maximum atomic E-state index is 9.04. The first kappa shape index (κ1) is 11.8. The third-order valence-electron chi connectivity index (χ3n) is 2.70. The minimum absolute atomic E-state index is 0.121. The fourth-order valence-corrected chi connectivity index (χ4v) is 1.71. The number of fused-ring (bicyclic) bond motifs is 1. The zero-order valence-electron chi connectivity index (χ0n) is 9.72. The number of aromatic nitrogens is 1. The Labute approximate surface area is 99.9 Å². The Hall–Kier alpha value is -1.65. The average Bonchev–Trinajstić information content (AvgIpc) is 2.36. The molecule has 0 fully saturated rings. The van der Waals surface area contributed by atoms with Crippen LogP contribution in [0.1, 0.15) is 5.56 Å². The second-order valence-corrected chi connectivity index (χ2v) is 4.05. The van der Waals surface area contributed by atoms with E-state index in [1.54, 1.807) is 0 Å². The number of aliphatic hydroxyl groups excluding tert-OH is 2. The van der Waals surface area contributed by atoms with E-state index >= 15 is 0 Å². The lowest BCUT2D eigenvalue weighted by atomic mass is 10.1. The van der Waals surface area contributed by atoms with Crippen LogP contribution in [0.25, 0.3) is 10.9 Å². The lowest BCUT2D eigenvalue weighted by Crippen LogP contribution is -2.28. The van der Waals surface area contributed by atoms with Crippen LogP contribution in [0.2, 0.25) is 0 Å². The second kappa shape index (κ2) is 5.12. The maximum absolute atomic E-state index is 9.04. The quantitative estimate of drug-likeness (QED) is 0.743. The second-order valence-electron chi connectivity index (χ2n) is 4.05. The Balaban J connectivity index is 2.37. The van der Waals surface area contributed by atoms with Gasteiger partial charge in [-0.25, -0.2) is 4.98 Å². The van der Waals surface area contributed by atoms with Crippen LogP contribution in [0, 0.1) is 6.92 Å². The molecule has 3 N–H and O–H groups in total. The number of nitrogens with zero attached hydrogens (tertiary/aromatic N) is 1. The lowest BCUT2D eigenvalue weighted by molar-refractivity contribution is 0.203. The standard InChI is InChI=1S/C13H16N2O2/c1-9-6-10-4-2-3-5-12(10)15-13(9)14-11(7-16)8-17/h2-6,11,16-17H,7-8H2,1H3,(H,14,15). The predicted molar refractivity (Wildman–Crippen MR) is 68.1 cm³/mol. The highest BCUT2D eigenvalue weighted by molar-refractivity contribution is 5.81. The zero-order chi connectivity index (χ0) is 12.3. The van der Waals surface area contributed by atoms with Crippen molar-refractivity contribution in [2.24, 2.45) is 0 Å². The van der Waals surface area contributed by atoms with Gasteiger partial charge in [-0.15, -0.1) is 0 Å². The van der Waals surface area contributed by atoms with E-state index in [-0.39, 0.29) is 19.3 Å². The van der Waals surface area contributed by atoms with Crippen LogP contribution in [-0.2, 0) is 0 Å². The largest absolute Gasteiger partial charge is 0.394 e. The molecule has 90 valence electrons. The molecule has 17 heavy (non-hydrogen) atoms. The zero-order valence-corrected chi connectivity index (χ0v) is 9.72. The molecule has 0 bridgehead atoms. The van der Waals surface area contributed by atoms with Crippen LogP contribution in [0.15, 0.2) is 30.3 Å². The monoisotopic (exact) mass is 232 g/mol. The van der Waals surface area contributed by atoms with Crippen molar-refractivity contribution in [1.82, 2.24) is 4.98 Å². The maximum Gasteiger partial charge on any atom is 0.129 e. The van der Waals surface area contributed by atoms with Crippen LogP contribution in [0.5, 0.6) is 0 Å². The normalized spacial score (nSPS) is 11.1. The minimum atomic E-state index is -0.373. The van der Waals surface area contributed by atoms with Crippen LogP contribution >= 0.6 is 0 Å². The van der Waals surface area contributed by atoms with E-state index in [1.807, 2.05) is 37.3 Å². The lowest BCUT2D eigenvalue weighted by Gasteiger charge is -2.16. The Morgan fingerprint density at radius 1 is 1.24 bits per heavy atom. The van der Waals surface area contributed by atoms with E-state index in [0.717, 1.165) is 16.5 Å². The first-order valence-electron chi connectivity index (χ1n) is 5.59. The van der Waals surface area contributed by atoms with Crippen molar-refractivity contribution in [3.8, 4) is 0 Å². The van der Waals surface area contributed by atoms with Crippen molar-refractivity contribution in [1.29, 1.82) is 0 Å². The highest BCUT2D eigenvalue weighted by Gasteiger charge is 2.09. The Morgan fingerprint density at radius 2 is 1.94 bits per heavy atom. The molecule has 1 aromatic carbocycles. The van der Waals surface area contributed by atoms with Crippen LogP contribution in [0.3, 0.4) is 0 Å². The average molecular weight is 232 g/mol. The molecule has 0 unspecified atom stereocenters. The SMILES string of the molecule is Cc1cc2ccccc2nc1NC(CO)CO. The molecular weight excluding hydrogens is 216 g/mol. The molecule has 2 aromatic rings. The molecule has 0 aliphatic carbocycles. The molecule has 4 heteroatoms. The van der Waals surface area contributed by atoms with Gasteiger partial charge >= 0.3 is 0 Å². The molecule has 1 heterocycles. The summed E-state index contributed by atoms with van der Waals surface area (Å²) >= 11 is 0. The summed E-state index contributed by atoms with van der Waals surface area (Å²) in [4.78, 5) is 4.48. The molecule has 2 rings (SSSR count). The molecule has 0 atom stereocenters. The predicted octanol–water partition coefficient (Wildman–Crippen LogP) is 1.31. The molecule has 0 aliphatic heterocycles. The van der Waals surface area contributed by atoms with Gasteiger partial charge < -0.3 is 15.5 Å². The van der Waals surface area contributed by atoms with Crippen molar-refractivity contribution >= 4 is 16.7 Å². The number of anilines is 1. The summed E-state index contributed by atoms with van der Waals surface area (Å²) < 4.78 is 0. The molecule has 0 saturated carbocycles. The summed E-state index contributed by atoms with van der Waals surface area (Å²) in [7, 11) is 0.